The average Bonchev–Trinajstić information content (AvgIpc) is 2.38. The van der Waals surface area contributed by atoms with Crippen molar-refractivity contribution in [1.82, 2.24) is 10.2 Å². The molecule has 0 aromatic heterocycles. The van der Waals surface area contributed by atoms with Crippen LogP contribution in [0.15, 0.2) is 18.2 Å². The zero-order chi connectivity index (χ0) is 14.4. The molecule has 0 saturated heterocycles. The fourth-order valence-electron chi connectivity index (χ4n) is 1.98. The molecule has 0 heterocycles. The maximum absolute atomic E-state index is 12.1. The van der Waals surface area contributed by atoms with Gasteiger partial charge in [-0.1, -0.05) is 36.2 Å². The van der Waals surface area contributed by atoms with Crippen LogP contribution in [0, 0.1) is 0 Å². The molecule has 0 radical (unpaired) electrons. The summed E-state index contributed by atoms with van der Waals surface area (Å²) in [6, 6.07) is 5.48. The molecule has 1 aromatic rings. The summed E-state index contributed by atoms with van der Waals surface area (Å²) in [5, 5.41) is 3.94. The van der Waals surface area contributed by atoms with Crippen molar-refractivity contribution in [3.8, 4) is 0 Å². The fourth-order valence-corrected chi connectivity index (χ4v) is 2.29. The van der Waals surface area contributed by atoms with Crippen molar-refractivity contribution in [1.29, 1.82) is 0 Å². The summed E-state index contributed by atoms with van der Waals surface area (Å²) in [6.45, 7) is 5.12. The summed E-state index contributed by atoms with van der Waals surface area (Å²) in [4.78, 5) is 14.0. The van der Waals surface area contributed by atoms with E-state index in [2.05, 4.69) is 12.2 Å². The number of halogens is 3. The normalized spacial score (nSPS) is 11.7. The number of nitrogens with zero attached hydrogens (tertiary/aromatic N) is 1. The smallest absolute Gasteiger partial charge is 0.237 e. The Hall–Kier alpha value is -0.480. The molecule has 20 heavy (non-hydrogen) atoms. The molecule has 0 spiro atoms. The van der Waals surface area contributed by atoms with Gasteiger partial charge in [0.15, 0.2) is 0 Å². The standard InChI is InChI=1S/C14H20Cl2N2O.ClH/c1-4-7-18(14(19)9-17-3)10(2)11-5-6-12(15)13(16)8-11;/h5-6,8,10,17H,4,7,9H2,1-3H3;1H. The van der Waals surface area contributed by atoms with Gasteiger partial charge in [-0.3, -0.25) is 4.79 Å². The van der Waals surface area contributed by atoms with Crippen molar-refractivity contribution in [2.75, 3.05) is 20.1 Å². The lowest BCUT2D eigenvalue weighted by Gasteiger charge is -2.29. The number of rotatable bonds is 6. The number of carbonyl (C=O) groups excluding carboxylic acids is 1. The number of likely N-dealkylation sites (N-methyl/N-ethyl adjacent to an activating group) is 1. The molecule has 1 aromatic carbocycles. The van der Waals surface area contributed by atoms with E-state index in [1.807, 2.05) is 24.0 Å². The lowest BCUT2D eigenvalue weighted by Crippen LogP contribution is -2.39. The summed E-state index contributed by atoms with van der Waals surface area (Å²) in [5.74, 6) is 0.0860. The molecule has 0 aliphatic heterocycles. The maximum Gasteiger partial charge on any atom is 0.237 e. The van der Waals surface area contributed by atoms with Crippen LogP contribution in [-0.4, -0.2) is 30.9 Å². The Morgan fingerprint density at radius 2 is 2.00 bits per heavy atom. The van der Waals surface area contributed by atoms with Crippen LogP contribution in [0.3, 0.4) is 0 Å². The second kappa shape index (κ2) is 9.46. The summed E-state index contributed by atoms with van der Waals surface area (Å²) < 4.78 is 0. The summed E-state index contributed by atoms with van der Waals surface area (Å²) >= 11 is 11.9. The van der Waals surface area contributed by atoms with Gasteiger partial charge in [0, 0.05) is 6.54 Å². The summed E-state index contributed by atoms with van der Waals surface area (Å²) in [5.41, 5.74) is 0.993. The Kier molecular flexibility index (Phi) is 9.23. The van der Waals surface area contributed by atoms with E-state index >= 15 is 0 Å². The highest BCUT2D eigenvalue weighted by Gasteiger charge is 2.20. The molecule has 0 aliphatic carbocycles. The summed E-state index contributed by atoms with van der Waals surface area (Å²) in [6.07, 6.45) is 0.918. The van der Waals surface area contributed by atoms with Gasteiger partial charge in [0.05, 0.1) is 22.6 Å². The minimum Gasteiger partial charge on any atom is -0.335 e. The molecule has 1 N–H and O–H groups in total. The minimum absolute atomic E-state index is 0. The quantitative estimate of drug-likeness (QED) is 0.851. The summed E-state index contributed by atoms with van der Waals surface area (Å²) in [7, 11) is 1.77. The van der Waals surface area contributed by atoms with Crippen LogP contribution < -0.4 is 5.32 Å². The first-order chi connectivity index (χ1) is 9.01. The van der Waals surface area contributed by atoms with E-state index in [0.29, 0.717) is 16.6 Å². The Morgan fingerprint density at radius 3 is 2.50 bits per heavy atom. The molecular weight excluding hydrogens is 319 g/mol. The third-order valence-electron chi connectivity index (χ3n) is 3.01. The van der Waals surface area contributed by atoms with Gasteiger partial charge in [0.1, 0.15) is 0 Å². The van der Waals surface area contributed by atoms with E-state index in [4.69, 9.17) is 23.2 Å². The van der Waals surface area contributed by atoms with E-state index in [9.17, 15) is 4.79 Å². The number of benzene rings is 1. The minimum atomic E-state index is -0.0180. The first kappa shape index (κ1) is 19.5. The van der Waals surface area contributed by atoms with Crippen molar-refractivity contribution in [2.24, 2.45) is 0 Å². The first-order valence-electron chi connectivity index (χ1n) is 6.40. The fraction of sp³-hybridized carbons (Fsp3) is 0.500. The zero-order valence-corrected chi connectivity index (χ0v) is 14.3. The number of nitrogens with one attached hydrogen (secondary N) is 1. The monoisotopic (exact) mass is 338 g/mol. The molecule has 114 valence electrons. The largest absolute Gasteiger partial charge is 0.335 e. The number of carbonyl (C=O) groups is 1. The molecule has 1 atom stereocenters. The van der Waals surface area contributed by atoms with Gasteiger partial charge in [-0.2, -0.15) is 0 Å². The molecule has 0 fully saturated rings. The van der Waals surface area contributed by atoms with Crippen LogP contribution in [0.5, 0.6) is 0 Å². The highest BCUT2D eigenvalue weighted by Crippen LogP contribution is 2.28. The third-order valence-corrected chi connectivity index (χ3v) is 3.75. The number of hydrogen-bond acceptors (Lipinski definition) is 2. The lowest BCUT2D eigenvalue weighted by molar-refractivity contribution is -0.132. The van der Waals surface area contributed by atoms with Crippen molar-refractivity contribution < 1.29 is 4.79 Å². The molecule has 0 bridgehead atoms. The predicted octanol–water partition coefficient (Wildman–Crippen LogP) is 3.93. The molecular formula is C14H21Cl3N2O. The highest BCUT2D eigenvalue weighted by atomic mass is 35.5. The van der Waals surface area contributed by atoms with E-state index in [0.717, 1.165) is 18.5 Å². The second-order valence-corrected chi connectivity index (χ2v) is 5.28. The van der Waals surface area contributed by atoms with E-state index in [1.54, 1.807) is 13.1 Å². The molecule has 3 nitrogen and oxygen atoms in total. The van der Waals surface area contributed by atoms with Gasteiger partial charge in [-0.05, 0) is 38.1 Å². The van der Waals surface area contributed by atoms with E-state index < -0.39 is 0 Å². The van der Waals surface area contributed by atoms with Gasteiger partial charge < -0.3 is 10.2 Å². The van der Waals surface area contributed by atoms with Gasteiger partial charge in [-0.25, -0.2) is 0 Å². The van der Waals surface area contributed by atoms with Crippen LogP contribution >= 0.6 is 35.6 Å². The van der Waals surface area contributed by atoms with Crippen molar-refractivity contribution >= 4 is 41.5 Å². The molecule has 6 heteroatoms. The van der Waals surface area contributed by atoms with Crippen LogP contribution in [0.4, 0.5) is 0 Å². The highest BCUT2D eigenvalue weighted by molar-refractivity contribution is 6.42. The topological polar surface area (TPSA) is 32.3 Å². The lowest BCUT2D eigenvalue weighted by atomic mass is 10.1. The van der Waals surface area contributed by atoms with Gasteiger partial charge in [0.2, 0.25) is 5.91 Å². The van der Waals surface area contributed by atoms with Crippen LogP contribution in [0.25, 0.3) is 0 Å². The SMILES string of the molecule is CCCN(C(=O)CNC)C(C)c1ccc(Cl)c(Cl)c1.Cl. The predicted molar refractivity (Wildman–Crippen MR) is 88.1 cm³/mol. The van der Waals surface area contributed by atoms with Gasteiger partial charge >= 0.3 is 0 Å². The Morgan fingerprint density at radius 1 is 1.35 bits per heavy atom. The first-order valence-corrected chi connectivity index (χ1v) is 7.15. The molecule has 1 unspecified atom stereocenters. The zero-order valence-electron chi connectivity index (χ0n) is 12.0. The van der Waals surface area contributed by atoms with Crippen molar-refractivity contribution in [3.63, 3.8) is 0 Å². The van der Waals surface area contributed by atoms with E-state index in [-0.39, 0.29) is 24.4 Å². The molecule has 1 rings (SSSR count). The maximum atomic E-state index is 12.1. The second-order valence-electron chi connectivity index (χ2n) is 4.47. The van der Waals surface area contributed by atoms with Crippen LogP contribution in [0.2, 0.25) is 10.0 Å². The van der Waals surface area contributed by atoms with Crippen LogP contribution in [-0.2, 0) is 4.79 Å². The number of amides is 1. The Balaban J connectivity index is 0.00000361. The van der Waals surface area contributed by atoms with Crippen molar-refractivity contribution in [3.05, 3.63) is 33.8 Å². The number of hydrogen-bond donors (Lipinski definition) is 1. The van der Waals surface area contributed by atoms with Crippen molar-refractivity contribution in [2.45, 2.75) is 26.3 Å². The van der Waals surface area contributed by atoms with Crippen LogP contribution in [0.1, 0.15) is 31.9 Å². The van der Waals surface area contributed by atoms with E-state index in [1.165, 1.54) is 0 Å². The Labute approximate surface area is 137 Å². The van der Waals surface area contributed by atoms with Gasteiger partial charge in [-0.15, -0.1) is 12.4 Å². The third kappa shape index (κ3) is 5.13. The molecule has 0 saturated carbocycles. The average molecular weight is 340 g/mol. The Bertz CT molecular complexity index is 440. The molecule has 1 amide bonds. The molecule has 0 aliphatic rings. The van der Waals surface area contributed by atoms with Gasteiger partial charge in [0.25, 0.3) is 0 Å².